The summed E-state index contributed by atoms with van der Waals surface area (Å²) >= 11 is 0. The van der Waals surface area contributed by atoms with Gasteiger partial charge in [0.25, 0.3) is 10.1 Å². The Balaban J connectivity index is 2.96. The highest BCUT2D eigenvalue weighted by Crippen LogP contribution is 2.31. The Kier molecular flexibility index (Phi) is 2.81. The molecule has 1 N–H and O–H groups in total. The molecule has 2 aromatic carbocycles. The summed E-state index contributed by atoms with van der Waals surface area (Å²) in [6.45, 7) is 0. The van der Waals surface area contributed by atoms with Crippen molar-refractivity contribution in [2.24, 2.45) is 0 Å². The standard InChI is InChI=1S/C12H13NO3S/c1-13(2)10-7-3-5-9-6-4-8-11(12(9)10)17(14,15)16/h3-8H,1-2H3,(H,14,15,16). The van der Waals surface area contributed by atoms with Crippen LogP contribution in [0.15, 0.2) is 41.3 Å². The third kappa shape index (κ3) is 2.11. The van der Waals surface area contributed by atoms with E-state index < -0.39 is 10.1 Å². The highest BCUT2D eigenvalue weighted by Gasteiger charge is 2.16. The Labute approximate surface area is 100 Å². The fraction of sp³-hybridized carbons (Fsp3) is 0.167. The van der Waals surface area contributed by atoms with Crippen LogP contribution in [0.1, 0.15) is 0 Å². The number of benzene rings is 2. The van der Waals surface area contributed by atoms with E-state index in [4.69, 9.17) is 0 Å². The molecule has 0 radical (unpaired) electrons. The van der Waals surface area contributed by atoms with Crippen molar-refractivity contribution in [3.05, 3.63) is 36.4 Å². The summed E-state index contributed by atoms with van der Waals surface area (Å²) in [5, 5.41) is 1.33. The third-order valence-corrected chi connectivity index (χ3v) is 3.50. The van der Waals surface area contributed by atoms with Gasteiger partial charge in [0.2, 0.25) is 0 Å². The molecule has 17 heavy (non-hydrogen) atoms. The van der Waals surface area contributed by atoms with Crippen LogP contribution in [-0.2, 0) is 10.1 Å². The lowest BCUT2D eigenvalue weighted by Crippen LogP contribution is -2.10. The molecule has 0 bridgehead atoms. The summed E-state index contributed by atoms with van der Waals surface area (Å²) in [4.78, 5) is 1.76. The van der Waals surface area contributed by atoms with Crippen molar-refractivity contribution < 1.29 is 13.0 Å². The Hall–Kier alpha value is -1.59. The second-order valence-electron chi connectivity index (χ2n) is 4.00. The van der Waals surface area contributed by atoms with Gasteiger partial charge in [-0.1, -0.05) is 24.3 Å². The maximum absolute atomic E-state index is 11.4. The molecule has 2 rings (SSSR count). The van der Waals surface area contributed by atoms with Crippen LogP contribution in [0.25, 0.3) is 10.8 Å². The topological polar surface area (TPSA) is 57.6 Å². The first-order valence-corrected chi connectivity index (χ1v) is 6.52. The monoisotopic (exact) mass is 251 g/mol. The van der Waals surface area contributed by atoms with Crippen LogP contribution in [0.5, 0.6) is 0 Å². The third-order valence-electron chi connectivity index (χ3n) is 2.60. The molecular weight excluding hydrogens is 238 g/mol. The largest absolute Gasteiger partial charge is 0.377 e. The predicted octanol–water partition coefficient (Wildman–Crippen LogP) is 2.15. The first kappa shape index (κ1) is 11.9. The number of rotatable bonds is 2. The van der Waals surface area contributed by atoms with E-state index in [0.29, 0.717) is 5.39 Å². The quantitative estimate of drug-likeness (QED) is 0.831. The molecule has 0 amide bonds. The zero-order valence-electron chi connectivity index (χ0n) is 9.58. The normalized spacial score (nSPS) is 11.7. The van der Waals surface area contributed by atoms with Crippen LogP contribution < -0.4 is 4.90 Å². The highest BCUT2D eigenvalue weighted by molar-refractivity contribution is 7.86. The first-order chi connectivity index (χ1) is 7.91. The van der Waals surface area contributed by atoms with Crippen molar-refractivity contribution in [3.8, 4) is 0 Å². The molecule has 0 atom stereocenters. The molecular formula is C12H13NO3S. The maximum atomic E-state index is 11.4. The van der Waals surface area contributed by atoms with Crippen molar-refractivity contribution in [3.63, 3.8) is 0 Å². The molecule has 0 aliphatic carbocycles. The zero-order valence-corrected chi connectivity index (χ0v) is 10.4. The van der Waals surface area contributed by atoms with Crippen LogP contribution in [0.3, 0.4) is 0 Å². The predicted molar refractivity (Wildman–Crippen MR) is 68.1 cm³/mol. The zero-order chi connectivity index (χ0) is 12.6. The molecule has 0 spiro atoms. The van der Waals surface area contributed by atoms with Gasteiger partial charge in [-0.25, -0.2) is 0 Å². The summed E-state index contributed by atoms with van der Waals surface area (Å²) in [5.41, 5.74) is 0.760. The van der Waals surface area contributed by atoms with Crippen LogP contribution in [-0.4, -0.2) is 27.1 Å². The van der Waals surface area contributed by atoms with Gasteiger partial charge in [0.15, 0.2) is 0 Å². The molecule has 2 aromatic rings. The molecule has 0 aromatic heterocycles. The minimum absolute atomic E-state index is 0.0562. The van der Waals surface area contributed by atoms with E-state index >= 15 is 0 Å². The summed E-state index contributed by atoms with van der Waals surface area (Å²) in [5.74, 6) is 0. The lowest BCUT2D eigenvalue weighted by Gasteiger charge is -2.16. The summed E-state index contributed by atoms with van der Waals surface area (Å²) < 4.78 is 32.0. The number of hydrogen-bond acceptors (Lipinski definition) is 3. The molecule has 0 aliphatic heterocycles. The average molecular weight is 251 g/mol. The molecule has 0 unspecified atom stereocenters. The Morgan fingerprint density at radius 3 is 2.18 bits per heavy atom. The van der Waals surface area contributed by atoms with Gasteiger partial charge in [0.05, 0.1) is 0 Å². The Bertz CT molecular complexity index is 657. The fourth-order valence-corrected chi connectivity index (χ4v) is 2.61. The van der Waals surface area contributed by atoms with E-state index in [1.54, 1.807) is 6.07 Å². The minimum Gasteiger partial charge on any atom is -0.377 e. The van der Waals surface area contributed by atoms with Gasteiger partial charge in [-0.05, 0) is 17.5 Å². The van der Waals surface area contributed by atoms with Crippen molar-refractivity contribution in [2.45, 2.75) is 4.90 Å². The minimum atomic E-state index is -4.21. The van der Waals surface area contributed by atoms with Gasteiger partial charge in [-0.2, -0.15) is 8.42 Å². The maximum Gasteiger partial charge on any atom is 0.295 e. The van der Waals surface area contributed by atoms with E-state index in [-0.39, 0.29) is 4.90 Å². The van der Waals surface area contributed by atoms with Crippen molar-refractivity contribution >= 4 is 26.6 Å². The first-order valence-electron chi connectivity index (χ1n) is 5.08. The second kappa shape index (κ2) is 4.01. The van der Waals surface area contributed by atoms with Gasteiger partial charge in [0, 0.05) is 25.2 Å². The Morgan fingerprint density at radius 2 is 1.65 bits per heavy atom. The number of nitrogens with zero attached hydrogens (tertiary/aromatic N) is 1. The van der Waals surface area contributed by atoms with Crippen LogP contribution >= 0.6 is 0 Å². The van der Waals surface area contributed by atoms with E-state index in [1.165, 1.54) is 6.07 Å². The van der Waals surface area contributed by atoms with Gasteiger partial charge in [0.1, 0.15) is 4.90 Å². The average Bonchev–Trinajstić information content (AvgIpc) is 2.26. The lowest BCUT2D eigenvalue weighted by atomic mass is 10.1. The number of hydrogen-bond donors (Lipinski definition) is 1. The smallest absolute Gasteiger partial charge is 0.295 e. The van der Waals surface area contributed by atoms with Crippen molar-refractivity contribution in [2.75, 3.05) is 19.0 Å². The van der Waals surface area contributed by atoms with Crippen LogP contribution in [0.2, 0.25) is 0 Å². The van der Waals surface area contributed by atoms with E-state index in [2.05, 4.69) is 0 Å². The van der Waals surface area contributed by atoms with Gasteiger partial charge in [-0.15, -0.1) is 0 Å². The molecule has 90 valence electrons. The molecule has 0 saturated carbocycles. The van der Waals surface area contributed by atoms with Gasteiger partial charge < -0.3 is 4.90 Å². The molecule has 5 heteroatoms. The molecule has 0 aliphatic rings. The summed E-state index contributed by atoms with van der Waals surface area (Å²) in [6.07, 6.45) is 0. The number of anilines is 1. The second-order valence-corrected chi connectivity index (χ2v) is 5.39. The summed E-state index contributed by atoms with van der Waals surface area (Å²) in [7, 11) is -0.554. The Morgan fingerprint density at radius 1 is 1.06 bits per heavy atom. The highest BCUT2D eigenvalue weighted by atomic mass is 32.2. The number of fused-ring (bicyclic) bond motifs is 1. The van der Waals surface area contributed by atoms with Crippen LogP contribution in [0.4, 0.5) is 5.69 Å². The van der Waals surface area contributed by atoms with E-state index in [0.717, 1.165) is 11.1 Å². The lowest BCUT2D eigenvalue weighted by molar-refractivity contribution is 0.484. The van der Waals surface area contributed by atoms with Crippen molar-refractivity contribution in [1.82, 2.24) is 0 Å². The molecule has 4 nitrogen and oxygen atoms in total. The van der Waals surface area contributed by atoms with E-state index in [9.17, 15) is 13.0 Å². The van der Waals surface area contributed by atoms with Crippen LogP contribution in [0, 0.1) is 0 Å². The van der Waals surface area contributed by atoms with Gasteiger partial charge in [-0.3, -0.25) is 4.55 Å². The van der Waals surface area contributed by atoms with Gasteiger partial charge >= 0.3 is 0 Å². The van der Waals surface area contributed by atoms with E-state index in [1.807, 2.05) is 43.3 Å². The fourth-order valence-electron chi connectivity index (χ4n) is 1.87. The summed E-state index contributed by atoms with van der Waals surface area (Å²) in [6, 6.07) is 10.3. The molecule has 0 fully saturated rings. The molecule has 0 heterocycles. The molecule has 0 saturated heterocycles. The SMILES string of the molecule is CN(C)c1cccc2cccc(S(=O)(=O)O)c12. The van der Waals surface area contributed by atoms with Crippen molar-refractivity contribution in [1.29, 1.82) is 0 Å².